The molecule has 0 saturated carbocycles. The second-order valence-corrected chi connectivity index (χ2v) is 6.54. The molecule has 3 rings (SSSR count). The molecule has 0 spiro atoms. The zero-order valence-electron chi connectivity index (χ0n) is 14.8. The first-order valence-electron chi connectivity index (χ1n) is 8.85. The van der Waals surface area contributed by atoms with Crippen LogP contribution in [0.2, 0.25) is 0 Å². The summed E-state index contributed by atoms with van der Waals surface area (Å²) in [4.78, 5) is 26.3. The molecule has 0 fully saturated rings. The van der Waals surface area contributed by atoms with Gasteiger partial charge in [0.25, 0.3) is 5.91 Å². The monoisotopic (exact) mass is 336 g/mol. The van der Waals surface area contributed by atoms with Crippen LogP contribution in [0, 0.1) is 0 Å². The van der Waals surface area contributed by atoms with E-state index in [9.17, 15) is 9.59 Å². The van der Waals surface area contributed by atoms with E-state index in [1.54, 1.807) is 4.90 Å². The fourth-order valence-electron chi connectivity index (χ4n) is 3.30. The molecule has 1 unspecified atom stereocenters. The summed E-state index contributed by atoms with van der Waals surface area (Å²) in [6.07, 6.45) is 3.24. The average Bonchev–Trinajstić information content (AvgIpc) is 2.86. The molecule has 1 N–H and O–H groups in total. The van der Waals surface area contributed by atoms with Gasteiger partial charge in [0.1, 0.15) is 6.04 Å². The molecule has 2 aromatic carbocycles. The van der Waals surface area contributed by atoms with E-state index in [0.29, 0.717) is 6.54 Å². The van der Waals surface area contributed by atoms with Crippen LogP contribution in [0.25, 0.3) is 0 Å². The lowest BCUT2D eigenvalue weighted by atomic mass is 10.0. The molecule has 25 heavy (non-hydrogen) atoms. The fraction of sp³-hybridized carbons (Fsp3) is 0.333. The first kappa shape index (κ1) is 17.2. The molecule has 4 heteroatoms. The number of nitrogens with one attached hydrogen (secondary N) is 1. The molecule has 0 bridgehead atoms. The Bertz CT molecular complexity index is 771. The van der Waals surface area contributed by atoms with E-state index in [2.05, 4.69) is 24.4 Å². The Balaban J connectivity index is 1.94. The summed E-state index contributed by atoms with van der Waals surface area (Å²) >= 11 is 0. The van der Waals surface area contributed by atoms with E-state index >= 15 is 0 Å². The molecule has 1 aliphatic rings. The van der Waals surface area contributed by atoms with Crippen LogP contribution in [0.15, 0.2) is 48.5 Å². The van der Waals surface area contributed by atoms with Gasteiger partial charge in [0.05, 0.1) is 6.54 Å². The molecule has 4 nitrogen and oxygen atoms in total. The minimum atomic E-state index is -0.585. The number of nitrogens with zero attached hydrogens (tertiary/aromatic N) is 1. The summed E-state index contributed by atoms with van der Waals surface area (Å²) in [5, 5.41) is 2.82. The average molecular weight is 336 g/mol. The highest BCUT2D eigenvalue weighted by Crippen LogP contribution is 2.37. The van der Waals surface area contributed by atoms with E-state index < -0.39 is 6.04 Å². The van der Waals surface area contributed by atoms with Gasteiger partial charge < -0.3 is 10.2 Å². The van der Waals surface area contributed by atoms with E-state index in [-0.39, 0.29) is 11.8 Å². The minimum Gasteiger partial charge on any atom is -0.341 e. The van der Waals surface area contributed by atoms with Crippen LogP contribution in [0.3, 0.4) is 0 Å². The third-order valence-electron chi connectivity index (χ3n) is 4.56. The lowest BCUT2D eigenvalue weighted by Crippen LogP contribution is -2.36. The molecule has 2 amide bonds. The molecule has 2 aromatic rings. The Morgan fingerprint density at radius 1 is 1.12 bits per heavy atom. The van der Waals surface area contributed by atoms with Gasteiger partial charge in [0.15, 0.2) is 0 Å². The topological polar surface area (TPSA) is 49.4 Å². The lowest BCUT2D eigenvalue weighted by Gasteiger charge is -2.18. The van der Waals surface area contributed by atoms with E-state index in [1.807, 2.05) is 36.4 Å². The van der Waals surface area contributed by atoms with Crippen molar-refractivity contribution < 1.29 is 9.59 Å². The van der Waals surface area contributed by atoms with Crippen LogP contribution >= 0.6 is 0 Å². The van der Waals surface area contributed by atoms with Crippen LogP contribution in [-0.2, 0) is 22.6 Å². The summed E-state index contributed by atoms with van der Waals surface area (Å²) in [5.41, 5.74) is 4.09. The van der Waals surface area contributed by atoms with Crippen molar-refractivity contribution >= 4 is 17.5 Å². The number of carbonyl (C=O) groups is 2. The van der Waals surface area contributed by atoms with Crippen molar-refractivity contribution in [2.75, 3.05) is 4.90 Å². The molecule has 0 radical (unpaired) electrons. The number of hydrogen-bond donors (Lipinski definition) is 1. The molecule has 1 atom stereocenters. The summed E-state index contributed by atoms with van der Waals surface area (Å²) in [7, 11) is 0. The Labute approximate surface area is 148 Å². The molecule has 1 heterocycles. The molecule has 0 saturated heterocycles. The van der Waals surface area contributed by atoms with Crippen molar-refractivity contribution in [3.05, 3.63) is 65.2 Å². The maximum absolute atomic E-state index is 12.9. The number of aryl methyl sites for hydroxylation is 1. The van der Waals surface area contributed by atoms with Gasteiger partial charge in [-0.1, -0.05) is 55.8 Å². The Morgan fingerprint density at radius 2 is 1.88 bits per heavy atom. The van der Waals surface area contributed by atoms with Crippen molar-refractivity contribution in [2.45, 2.75) is 45.7 Å². The Hall–Kier alpha value is -2.62. The third kappa shape index (κ3) is 3.73. The molecular formula is C21H24N2O2. The van der Waals surface area contributed by atoms with Gasteiger partial charge in [-0.05, 0) is 30.0 Å². The SMILES string of the molecule is CCCCc1ccc2c(c1)C(NC(C)=O)C(=O)N2Cc1ccccc1. The summed E-state index contributed by atoms with van der Waals surface area (Å²) in [5.74, 6) is -0.258. The van der Waals surface area contributed by atoms with E-state index in [4.69, 9.17) is 0 Å². The highest BCUT2D eigenvalue weighted by Gasteiger charge is 2.37. The first-order valence-corrected chi connectivity index (χ1v) is 8.85. The number of fused-ring (bicyclic) bond motifs is 1. The van der Waals surface area contributed by atoms with E-state index in [1.165, 1.54) is 12.5 Å². The van der Waals surface area contributed by atoms with Crippen molar-refractivity contribution in [1.82, 2.24) is 5.32 Å². The van der Waals surface area contributed by atoms with Gasteiger partial charge in [0.2, 0.25) is 5.91 Å². The van der Waals surface area contributed by atoms with Crippen LogP contribution in [0.4, 0.5) is 5.69 Å². The zero-order valence-corrected chi connectivity index (χ0v) is 14.8. The second kappa shape index (κ2) is 7.51. The Morgan fingerprint density at radius 3 is 2.56 bits per heavy atom. The third-order valence-corrected chi connectivity index (χ3v) is 4.56. The number of carbonyl (C=O) groups excluding carboxylic acids is 2. The maximum Gasteiger partial charge on any atom is 0.254 e. The number of benzene rings is 2. The quantitative estimate of drug-likeness (QED) is 0.873. The first-order chi connectivity index (χ1) is 12.1. The summed E-state index contributed by atoms with van der Waals surface area (Å²) < 4.78 is 0. The maximum atomic E-state index is 12.9. The van der Waals surface area contributed by atoms with Gasteiger partial charge in [-0.25, -0.2) is 0 Å². The van der Waals surface area contributed by atoms with Crippen molar-refractivity contribution in [2.24, 2.45) is 0 Å². The zero-order chi connectivity index (χ0) is 17.8. The largest absolute Gasteiger partial charge is 0.341 e. The second-order valence-electron chi connectivity index (χ2n) is 6.54. The molecule has 0 aliphatic carbocycles. The van der Waals surface area contributed by atoms with Crippen molar-refractivity contribution in [3.63, 3.8) is 0 Å². The van der Waals surface area contributed by atoms with Gasteiger partial charge in [-0.3, -0.25) is 9.59 Å². The lowest BCUT2D eigenvalue weighted by molar-refractivity contribution is -0.126. The van der Waals surface area contributed by atoms with Gasteiger partial charge in [0, 0.05) is 18.2 Å². The normalized spacial score (nSPS) is 16.0. The van der Waals surface area contributed by atoms with Crippen LogP contribution in [0.5, 0.6) is 0 Å². The molecule has 1 aliphatic heterocycles. The summed E-state index contributed by atoms with van der Waals surface area (Å²) in [6, 6.07) is 15.5. The van der Waals surface area contributed by atoms with Crippen molar-refractivity contribution in [1.29, 1.82) is 0 Å². The standard InChI is InChI=1S/C21H24N2O2/c1-3-4-8-16-11-12-19-18(13-16)20(22-15(2)24)21(25)23(19)14-17-9-6-5-7-10-17/h5-7,9-13,20H,3-4,8,14H2,1-2H3,(H,22,24). The Kier molecular flexibility index (Phi) is 5.17. The van der Waals surface area contributed by atoms with Gasteiger partial charge in [-0.2, -0.15) is 0 Å². The van der Waals surface area contributed by atoms with Crippen molar-refractivity contribution in [3.8, 4) is 0 Å². The number of rotatable bonds is 6. The molecular weight excluding hydrogens is 312 g/mol. The smallest absolute Gasteiger partial charge is 0.254 e. The number of hydrogen-bond acceptors (Lipinski definition) is 2. The highest BCUT2D eigenvalue weighted by molar-refractivity contribution is 6.06. The molecule has 130 valence electrons. The number of amides is 2. The summed E-state index contributed by atoms with van der Waals surface area (Å²) in [6.45, 7) is 4.13. The minimum absolute atomic E-state index is 0.0679. The van der Waals surface area contributed by atoms with Gasteiger partial charge in [-0.15, -0.1) is 0 Å². The van der Waals surface area contributed by atoms with E-state index in [0.717, 1.165) is 36.1 Å². The molecule has 0 aromatic heterocycles. The van der Waals surface area contributed by atoms with Crippen LogP contribution in [-0.4, -0.2) is 11.8 Å². The predicted molar refractivity (Wildman–Crippen MR) is 99.2 cm³/mol. The van der Waals surface area contributed by atoms with Gasteiger partial charge >= 0.3 is 0 Å². The van der Waals surface area contributed by atoms with Crippen LogP contribution in [0.1, 0.15) is 49.4 Å². The number of unbranched alkanes of at least 4 members (excludes halogenated alkanes) is 1. The van der Waals surface area contributed by atoms with Crippen LogP contribution < -0.4 is 10.2 Å². The predicted octanol–water partition coefficient (Wildman–Crippen LogP) is 3.75. The highest BCUT2D eigenvalue weighted by atomic mass is 16.2. The fourth-order valence-corrected chi connectivity index (χ4v) is 3.30. The number of anilines is 1.